The number of nitrogens with zero attached hydrogens (tertiary/aromatic N) is 4. The molecule has 1 atom stereocenters. The Balaban J connectivity index is 1.78. The van der Waals surface area contributed by atoms with Gasteiger partial charge < -0.3 is 5.11 Å². The predicted molar refractivity (Wildman–Crippen MR) is 104 cm³/mol. The van der Waals surface area contributed by atoms with Gasteiger partial charge in [-0.1, -0.05) is 36.4 Å². The summed E-state index contributed by atoms with van der Waals surface area (Å²) in [6.45, 7) is -0.907. The maximum atomic E-state index is 15.7. The molecule has 0 radical (unpaired) electrons. The highest BCUT2D eigenvalue weighted by Gasteiger charge is 2.56. The van der Waals surface area contributed by atoms with Gasteiger partial charge in [0.25, 0.3) is 0 Å². The van der Waals surface area contributed by atoms with Crippen LogP contribution in [-0.4, -0.2) is 25.3 Å². The van der Waals surface area contributed by atoms with Crippen molar-refractivity contribution in [3.05, 3.63) is 102 Å². The molecule has 0 aliphatic rings. The Morgan fingerprint density at radius 2 is 1.41 bits per heavy atom. The van der Waals surface area contributed by atoms with Gasteiger partial charge in [0.1, 0.15) is 23.8 Å². The molecule has 0 saturated heterocycles. The van der Waals surface area contributed by atoms with E-state index in [1.54, 1.807) is 0 Å². The second-order valence-corrected chi connectivity index (χ2v) is 7.15. The van der Waals surface area contributed by atoms with E-state index in [9.17, 15) is 18.3 Å². The summed E-state index contributed by atoms with van der Waals surface area (Å²) in [5.74, 6) is -6.81. The molecule has 32 heavy (non-hydrogen) atoms. The van der Waals surface area contributed by atoms with Crippen LogP contribution in [0.15, 0.2) is 73.1 Å². The Bertz CT molecular complexity index is 1210. The molecule has 3 aromatic carbocycles. The van der Waals surface area contributed by atoms with E-state index < -0.39 is 46.6 Å². The summed E-state index contributed by atoms with van der Waals surface area (Å²) in [4.78, 5) is 0. The number of benzene rings is 3. The molecule has 1 unspecified atom stereocenters. The van der Waals surface area contributed by atoms with Gasteiger partial charge in [0, 0.05) is 17.2 Å². The minimum atomic E-state index is -4.04. The normalized spacial score (nSPS) is 13.7. The highest BCUT2D eigenvalue weighted by molar-refractivity contribution is 5.63. The van der Waals surface area contributed by atoms with Gasteiger partial charge in [0.15, 0.2) is 5.60 Å². The maximum Gasteiger partial charge on any atom is 0.307 e. The first-order valence-electron chi connectivity index (χ1n) is 9.34. The molecule has 4 rings (SSSR count). The molecular weight excluding hydrogens is 431 g/mol. The van der Waals surface area contributed by atoms with E-state index in [2.05, 4.69) is 15.5 Å². The summed E-state index contributed by atoms with van der Waals surface area (Å²) in [6.07, 6.45) is 0.986. The molecule has 4 aromatic rings. The number of aliphatic hydroxyl groups is 1. The molecule has 0 spiro atoms. The molecule has 0 amide bonds. The van der Waals surface area contributed by atoms with Crippen LogP contribution in [0.3, 0.4) is 0 Å². The van der Waals surface area contributed by atoms with Crippen molar-refractivity contribution in [1.82, 2.24) is 20.2 Å². The van der Waals surface area contributed by atoms with Crippen LogP contribution in [0.4, 0.5) is 22.0 Å². The number of tetrazole rings is 1. The number of hydrogen-bond donors (Lipinski definition) is 1. The number of alkyl halides is 2. The molecule has 0 aliphatic carbocycles. The maximum absolute atomic E-state index is 15.7. The summed E-state index contributed by atoms with van der Waals surface area (Å²) in [7, 11) is 0. The van der Waals surface area contributed by atoms with Gasteiger partial charge >= 0.3 is 5.92 Å². The van der Waals surface area contributed by atoms with E-state index in [1.807, 2.05) is 0 Å². The third-order valence-electron chi connectivity index (χ3n) is 5.10. The quantitative estimate of drug-likeness (QED) is 0.445. The number of rotatable bonds is 6. The summed E-state index contributed by atoms with van der Waals surface area (Å²) in [5, 5.41) is 21.3. The van der Waals surface area contributed by atoms with Crippen LogP contribution < -0.4 is 0 Å². The number of halogens is 5. The second-order valence-electron chi connectivity index (χ2n) is 7.15. The Morgan fingerprint density at radius 3 is 1.97 bits per heavy atom. The van der Waals surface area contributed by atoms with Gasteiger partial charge in [-0.3, -0.25) is 0 Å². The van der Waals surface area contributed by atoms with Crippen molar-refractivity contribution in [3.63, 3.8) is 0 Å². The predicted octanol–water partition coefficient (Wildman–Crippen LogP) is 4.44. The first kappa shape index (κ1) is 21.6. The van der Waals surface area contributed by atoms with Crippen molar-refractivity contribution in [2.24, 2.45) is 0 Å². The zero-order valence-corrected chi connectivity index (χ0v) is 16.3. The third-order valence-corrected chi connectivity index (χ3v) is 5.10. The molecule has 1 heterocycles. The van der Waals surface area contributed by atoms with Crippen molar-refractivity contribution in [3.8, 4) is 11.1 Å². The van der Waals surface area contributed by atoms with Crippen LogP contribution in [0.5, 0.6) is 0 Å². The lowest BCUT2D eigenvalue weighted by Crippen LogP contribution is -2.47. The molecule has 5 nitrogen and oxygen atoms in total. The Kier molecular flexibility index (Phi) is 5.47. The molecule has 10 heteroatoms. The van der Waals surface area contributed by atoms with Gasteiger partial charge in [0.05, 0.1) is 6.54 Å². The van der Waals surface area contributed by atoms with Crippen LogP contribution in [0.2, 0.25) is 0 Å². The summed E-state index contributed by atoms with van der Waals surface area (Å²) in [6, 6.07) is 12.3. The summed E-state index contributed by atoms with van der Waals surface area (Å²) >= 11 is 0. The standard InChI is InChI=1S/C22H15F5N4O/c23-17-7-3-15(4-8-17)14-1-5-16(6-2-14)22(26,27)21(32,12-31-13-28-29-30-31)19-10-9-18(24)11-20(19)25/h1-11,13,32H,12H2. The average molecular weight is 446 g/mol. The topological polar surface area (TPSA) is 63.8 Å². The lowest BCUT2D eigenvalue weighted by molar-refractivity contribution is -0.205. The Hall–Kier alpha value is -3.66. The molecule has 1 aromatic heterocycles. The zero-order chi connectivity index (χ0) is 22.9. The highest BCUT2D eigenvalue weighted by atomic mass is 19.3. The largest absolute Gasteiger partial charge is 0.377 e. The Labute approximate surface area is 178 Å². The third kappa shape index (κ3) is 3.84. The van der Waals surface area contributed by atoms with E-state index in [0.717, 1.165) is 35.3 Å². The van der Waals surface area contributed by atoms with Crippen LogP contribution in [0, 0.1) is 17.5 Å². The smallest absolute Gasteiger partial charge is 0.307 e. The van der Waals surface area contributed by atoms with Gasteiger partial charge in [-0.15, -0.1) is 5.10 Å². The first-order valence-corrected chi connectivity index (χ1v) is 9.34. The van der Waals surface area contributed by atoms with Crippen LogP contribution in [0.25, 0.3) is 11.1 Å². The lowest BCUT2D eigenvalue weighted by atomic mass is 9.82. The highest BCUT2D eigenvalue weighted by Crippen LogP contribution is 2.47. The number of aromatic nitrogens is 4. The average Bonchev–Trinajstić information content (AvgIpc) is 3.27. The van der Waals surface area contributed by atoms with Crippen LogP contribution >= 0.6 is 0 Å². The lowest BCUT2D eigenvalue weighted by Gasteiger charge is -2.36. The van der Waals surface area contributed by atoms with Crippen molar-refractivity contribution in [2.75, 3.05) is 0 Å². The summed E-state index contributed by atoms with van der Waals surface area (Å²) in [5.41, 5.74) is -3.47. The second kappa shape index (κ2) is 8.12. The molecule has 0 fully saturated rings. The Morgan fingerprint density at radius 1 is 0.812 bits per heavy atom. The fraction of sp³-hybridized carbons (Fsp3) is 0.136. The van der Waals surface area contributed by atoms with Crippen molar-refractivity contribution in [2.45, 2.75) is 18.1 Å². The minimum Gasteiger partial charge on any atom is -0.377 e. The van der Waals surface area contributed by atoms with Crippen LogP contribution in [-0.2, 0) is 18.1 Å². The van der Waals surface area contributed by atoms with Crippen molar-refractivity contribution < 1.29 is 27.1 Å². The van der Waals surface area contributed by atoms with E-state index in [1.165, 1.54) is 36.4 Å². The van der Waals surface area contributed by atoms with E-state index in [0.29, 0.717) is 17.2 Å². The SMILES string of the molecule is OC(Cn1cnnn1)(c1ccc(F)cc1F)C(F)(F)c1ccc(-c2ccc(F)cc2)cc1. The van der Waals surface area contributed by atoms with Gasteiger partial charge in [-0.05, 0) is 45.8 Å². The molecule has 0 saturated carbocycles. The monoisotopic (exact) mass is 446 g/mol. The first-order chi connectivity index (χ1) is 15.2. The summed E-state index contributed by atoms with van der Waals surface area (Å²) < 4.78 is 73.3. The zero-order valence-electron chi connectivity index (χ0n) is 16.3. The van der Waals surface area contributed by atoms with E-state index >= 15 is 8.78 Å². The fourth-order valence-corrected chi connectivity index (χ4v) is 3.42. The van der Waals surface area contributed by atoms with Gasteiger partial charge in [-0.25, -0.2) is 17.9 Å². The molecule has 0 aliphatic heterocycles. The minimum absolute atomic E-state index is 0.410. The molecular formula is C22H15F5N4O. The van der Waals surface area contributed by atoms with Gasteiger partial charge in [-0.2, -0.15) is 8.78 Å². The van der Waals surface area contributed by atoms with Crippen LogP contribution in [0.1, 0.15) is 11.1 Å². The molecule has 1 N–H and O–H groups in total. The molecule has 164 valence electrons. The number of hydrogen-bond acceptors (Lipinski definition) is 4. The fourth-order valence-electron chi connectivity index (χ4n) is 3.42. The van der Waals surface area contributed by atoms with Crippen molar-refractivity contribution >= 4 is 0 Å². The van der Waals surface area contributed by atoms with E-state index in [-0.39, 0.29) is 0 Å². The van der Waals surface area contributed by atoms with E-state index in [4.69, 9.17) is 0 Å². The van der Waals surface area contributed by atoms with Crippen molar-refractivity contribution in [1.29, 1.82) is 0 Å². The van der Waals surface area contributed by atoms with Gasteiger partial charge in [0.2, 0.25) is 0 Å². The molecule has 0 bridgehead atoms.